The summed E-state index contributed by atoms with van der Waals surface area (Å²) in [6.45, 7) is 6.24. The van der Waals surface area contributed by atoms with E-state index in [2.05, 4.69) is 12.2 Å². The Kier molecular flexibility index (Phi) is 6.19. The summed E-state index contributed by atoms with van der Waals surface area (Å²) in [7, 11) is 0. The van der Waals surface area contributed by atoms with Gasteiger partial charge in [0.15, 0.2) is 6.29 Å². The highest BCUT2D eigenvalue weighted by molar-refractivity contribution is 5.75. The van der Waals surface area contributed by atoms with Crippen LogP contribution in [0, 0.1) is 29.1 Å². The molecule has 0 heterocycles. The summed E-state index contributed by atoms with van der Waals surface area (Å²) >= 11 is 0. The number of aliphatic hydroxyl groups is 2. The maximum absolute atomic E-state index is 11.8. The highest BCUT2D eigenvalue weighted by Crippen LogP contribution is 2.49. The number of rotatable bonds is 9. The fourth-order valence-electron chi connectivity index (χ4n) is 3.33. The first-order chi connectivity index (χ1) is 10.9. The molecule has 132 valence electrons. The molecule has 23 heavy (non-hydrogen) atoms. The van der Waals surface area contributed by atoms with Crippen molar-refractivity contribution in [3.63, 3.8) is 0 Å². The van der Waals surface area contributed by atoms with Crippen molar-refractivity contribution in [1.82, 2.24) is 0 Å². The predicted octanol–water partition coefficient (Wildman–Crippen LogP) is 1.66. The van der Waals surface area contributed by atoms with Gasteiger partial charge in [-0.15, -0.1) is 0 Å². The highest BCUT2D eigenvalue weighted by Gasteiger charge is 2.47. The van der Waals surface area contributed by atoms with E-state index in [9.17, 15) is 15.0 Å². The number of allylic oxidation sites excluding steroid dienone is 2. The van der Waals surface area contributed by atoms with E-state index < -0.39 is 11.7 Å². The van der Waals surface area contributed by atoms with Crippen LogP contribution in [0.3, 0.4) is 0 Å². The van der Waals surface area contributed by atoms with Gasteiger partial charge >= 0.3 is 5.97 Å². The largest absolute Gasteiger partial charge is 0.463 e. The lowest BCUT2D eigenvalue weighted by atomic mass is 9.83. The topological polar surface area (TPSA) is 85.2 Å². The number of hydrogen-bond donors (Lipinski definition) is 2. The van der Waals surface area contributed by atoms with Crippen LogP contribution in [0.1, 0.15) is 33.6 Å². The minimum Gasteiger partial charge on any atom is -0.463 e. The molecule has 2 aliphatic rings. The summed E-state index contributed by atoms with van der Waals surface area (Å²) in [6, 6.07) is 0. The van der Waals surface area contributed by atoms with Gasteiger partial charge < -0.3 is 14.9 Å². The SMILES string of the molecule is CCC(C)(C)C(=O)OCCOOCC1C2C=CC(C2)C1C(O)O. The summed E-state index contributed by atoms with van der Waals surface area (Å²) < 4.78 is 5.14. The van der Waals surface area contributed by atoms with Crippen molar-refractivity contribution in [2.24, 2.45) is 29.1 Å². The van der Waals surface area contributed by atoms with E-state index in [1.807, 2.05) is 20.8 Å². The van der Waals surface area contributed by atoms with Gasteiger partial charge in [0.25, 0.3) is 0 Å². The first-order valence-electron chi connectivity index (χ1n) is 8.33. The monoisotopic (exact) mass is 328 g/mol. The molecule has 0 aromatic heterocycles. The third-order valence-electron chi connectivity index (χ3n) is 5.21. The third-order valence-corrected chi connectivity index (χ3v) is 5.21. The van der Waals surface area contributed by atoms with Crippen LogP contribution in [0.15, 0.2) is 12.2 Å². The Hall–Kier alpha value is -0.950. The minimum absolute atomic E-state index is 0.0478. The van der Waals surface area contributed by atoms with E-state index in [1.165, 1.54) is 0 Å². The normalized spacial score (nSPS) is 29.5. The van der Waals surface area contributed by atoms with Gasteiger partial charge in [-0.2, -0.15) is 0 Å². The number of carbonyl (C=O) groups excluding carboxylic acids is 1. The van der Waals surface area contributed by atoms with Crippen LogP contribution in [0.25, 0.3) is 0 Å². The van der Waals surface area contributed by atoms with E-state index in [-0.39, 0.29) is 36.9 Å². The van der Waals surface area contributed by atoms with Crippen LogP contribution >= 0.6 is 0 Å². The zero-order valence-corrected chi connectivity index (χ0v) is 14.1. The Labute approximate surface area is 137 Å². The summed E-state index contributed by atoms with van der Waals surface area (Å²) in [5.74, 6) is 0.137. The third kappa shape index (κ3) is 4.32. The molecule has 0 aromatic carbocycles. The molecule has 2 bridgehead atoms. The summed E-state index contributed by atoms with van der Waals surface area (Å²) in [5.41, 5.74) is -0.485. The maximum Gasteiger partial charge on any atom is 0.311 e. The van der Waals surface area contributed by atoms with Crippen molar-refractivity contribution in [2.45, 2.75) is 39.9 Å². The average molecular weight is 328 g/mol. The lowest BCUT2D eigenvalue weighted by Gasteiger charge is -2.28. The van der Waals surface area contributed by atoms with Crippen molar-refractivity contribution in [3.05, 3.63) is 12.2 Å². The molecule has 0 radical (unpaired) electrons. The Bertz CT molecular complexity index is 431. The van der Waals surface area contributed by atoms with Crippen molar-refractivity contribution in [3.8, 4) is 0 Å². The average Bonchev–Trinajstić information content (AvgIpc) is 3.11. The minimum atomic E-state index is -1.33. The van der Waals surface area contributed by atoms with E-state index in [4.69, 9.17) is 14.5 Å². The fraction of sp³-hybridized carbons (Fsp3) is 0.824. The van der Waals surface area contributed by atoms with Gasteiger partial charge in [-0.05, 0) is 44.4 Å². The van der Waals surface area contributed by atoms with Crippen LogP contribution in [0.2, 0.25) is 0 Å². The van der Waals surface area contributed by atoms with Crippen molar-refractivity contribution >= 4 is 5.97 Å². The second kappa shape index (κ2) is 7.75. The zero-order valence-electron chi connectivity index (χ0n) is 14.1. The molecule has 6 nitrogen and oxygen atoms in total. The lowest BCUT2D eigenvalue weighted by Crippen LogP contribution is -2.33. The molecular weight excluding hydrogens is 300 g/mol. The molecule has 0 spiro atoms. The Balaban J connectivity index is 1.63. The molecule has 0 amide bonds. The molecule has 0 aliphatic heterocycles. The van der Waals surface area contributed by atoms with Gasteiger partial charge in [0.2, 0.25) is 0 Å². The maximum atomic E-state index is 11.8. The molecule has 6 heteroatoms. The Morgan fingerprint density at radius 3 is 2.57 bits per heavy atom. The van der Waals surface area contributed by atoms with E-state index in [0.717, 1.165) is 6.42 Å². The molecule has 1 fully saturated rings. The molecule has 1 saturated carbocycles. The van der Waals surface area contributed by atoms with Crippen LogP contribution < -0.4 is 0 Å². The molecule has 2 rings (SSSR count). The number of ether oxygens (including phenoxy) is 1. The van der Waals surface area contributed by atoms with E-state index in [1.54, 1.807) is 0 Å². The van der Waals surface area contributed by atoms with Crippen LogP contribution in [0.4, 0.5) is 0 Å². The molecule has 0 saturated heterocycles. The second-order valence-corrected chi connectivity index (χ2v) is 7.08. The number of aliphatic hydroxyl groups excluding tert-OH is 1. The first-order valence-corrected chi connectivity index (χ1v) is 8.33. The summed E-state index contributed by atoms with van der Waals surface area (Å²) in [5, 5.41) is 19.0. The lowest BCUT2D eigenvalue weighted by molar-refractivity contribution is -0.310. The van der Waals surface area contributed by atoms with E-state index >= 15 is 0 Å². The van der Waals surface area contributed by atoms with Crippen molar-refractivity contribution in [2.75, 3.05) is 19.8 Å². The second-order valence-electron chi connectivity index (χ2n) is 7.08. The van der Waals surface area contributed by atoms with E-state index in [0.29, 0.717) is 18.9 Å². The van der Waals surface area contributed by atoms with Crippen molar-refractivity contribution in [1.29, 1.82) is 0 Å². The summed E-state index contributed by atoms with van der Waals surface area (Å²) in [4.78, 5) is 22.0. The quantitative estimate of drug-likeness (QED) is 0.167. The standard InChI is InChI=1S/C17H28O6/c1-4-17(2,3)16(20)21-7-8-22-23-10-13-11-5-6-12(9-11)14(13)15(18)19/h5-6,11-15,18-19H,4,7-10H2,1-3H3. The van der Waals surface area contributed by atoms with Gasteiger partial charge in [0.1, 0.15) is 13.2 Å². The number of carbonyl (C=O) groups is 1. The van der Waals surface area contributed by atoms with Crippen LogP contribution in [-0.2, 0) is 19.3 Å². The fourth-order valence-corrected chi connectivity index (χ4v) is 3.33. The van der Waals surface area contributed by atoms with Gasteiger partial charge in [-0.1, -0.05) is 19.1 Å². The zero-order chi connectivity index (χ0) is 17.0. The number of fused-ring (bicyclic) bond motifs is 2. The van der Waals surface area contributed by atoms with Gasteiger partial charge in [0.05, 0.1) is 12.0 Å². The van der Waals surface area contributed by atoms with Crippen LogP contribution in [0.5, 0.6) is 0 Å². The number of hydrogen-bond acceptors (Lipinski definition) is 6. The smallest absolute Gasteiger partial charge is 0.311 e. The predicted molar refractivity (Wildman–Crippen MR) is 82.9 cm³/mol. The first kappa shape index (κ1) is 18.4. The molecular formula is C17H28O6. The Morgan fingerprint density at radius 2 is 1.91 bits per heavy atom. The van der Waals surface area contributed by atoms with Gasteiger partial charge in [-0.3, -0.25) is 4.79 Å². The molecule has 4 atom stereocenters. The Morgan fingerprint density at radius 1 is 1.22 bits per heavy atom. The molecule has 2 N–H and O–H groups in total. The van der Waals surface area contributed by atoms with Crippen molar-refractivity contribution < 1.29 is 29.5 Å². The summed E-state index contributed by atoms with van der Waals surface area (Å²) in [6.07, 6.45) is 4.50. The number of esters is 1. The highest BCUT2D eigenvalue weighted by atomic mass is 17.2. The van der Waals surface area contributed by atoms with Gasteiger partial charge in [0, 0.05) is 5.92 Å². The molecule has 2 aliphatic carbocycles. The molecule has 4 unspecified atom stereocenters. The van der Waals surface area contributed by atoms with Gasteiger partial charge in [-0.25, -0.2) is 9.78 Å². The van der Waals surface area contributed by atoms with Crippen LogP contribution in [-0.4, -0.2) is 42.3 Å². The molecule has 0 aromatic rings.